The standard InChI is InChI=1S/C26H39ClN4O4/c1-18(2)31(19-10-9-13-28-16-19)26(33)25-23(27)20-11-8-12-21(35-17-22(32)29(3)4)24(20)30(25)14-6-7-15-34-5/h8,11-12,18-19,28H,6-7,9-10,13-17H2,1-5H3/t19-/m1/s1. The number of para-hydroxylation sites is 1. The first-order valence-electron chi connectivity index (χ1n) is 12.4. The number of methoxy groups -OCH3 is 1. The number of rotatable bonds is 11. The molecule has 1 fully saturated rings. The lowest BCUT2D eigenvalue weighted by Crippen LogP contribution is -2.52. The van der Waals surface area contributed by atoms with Crippen LogP contribution in [-0.2, 0) is 16.1 Å². The number of aryl methyl sites for hydroxylation is 1. The van der Waals surface area contributed by atoms with E-state index in [9.17, 15) is 9.59 Å². The molecular formula is C26H39ClN4O4. The molecule has 0 saturated carbocycles. The zero-order valence-electron chi connectivity index (χ0n) is 21.6. The number of amides is 2. The number of halogens is 1. The molecule has 0 bridgehead atoms. The molecule has 194 valence electrons. The van der Waals surface area contributed by atoms with Crippen molar-refractivity contribution >= 4 is 34.3 Å². The third-order valence-corrected chi connectivity index (χ3v) is 6.85. The van der Waals surface area contributed by atoms with E-state index >= 15 is 0 Å². The van der Waals surface area contributed by atoms with Crippen LogP contribution in [0, 0.1) is 0 Å². The number of carbonyl (C=O) groups excluding carboxylic acids is 2. The summed E-state index contributed by atoms with van der Waals surface area (Å²) in [6.45, 7) is 6.99. The Morgan fingerprint density at radius 2 is 2.03 bits per heavy atom. The highest BCUT2D eigenvalue weighted by molar-refractivity contribution is 6.39. The zero-order chi connectivity index (χ0) is 25.5. The smallest absolute Gasteiger partial charge is 0.272 e. The minimum Gasteiger partial charge on any atom is -0.482 e. The van der Waals surface area contributed by atoms with E-state index in [0.717, 1.165) is 49.7 Å². The molecule has 0 spiro atoms. The second-order valence-corrected chi connectivity index (χ2v) is 9.93. The fourth-order valence-electron chi connectivity index (χ4n) is 4.69. The molecule has 2 amide bonds. The third kappa shape index (κ3) is 6.29. The highest BCUT2D eigenvalue weighted by Crippen LogP contribution is 2.38. The summed E-state index contributed by atoms with van der Waals surface area (Å²) < 4.78 is 13.2. The lowest BCUT2D eigenvalue weighted by Gasteiger charge is -2.38. The fourth-order valence-corrected chi connectivity index (χ4v) is 5.02. The summed E-state index contributed by atoms with van der Waals surface area (Å²) in [5.41, 5.74) is 1.23. The Bertz CT molecular complexity index is 1010. The molecule has 1 aromatic carbocycles. The van der Waals surface area contributed by atoms with Gasteiger partial charge in [0.25, 0.3) is 11.8 Å². The van der Waals surface area contributed by atoms with Gasteiger partial charge in [0.05, 0.1) is 10.5 Å². The lowest BCUT2D eigenvalue weighted by molar-refractivity contribution is -0.130. The van der Waals surface area contributed by atoms with Crippen LogP contribution >= 0.6 is 11.6 Å². The van der Waals surface area contributed by atoms with E-state index in [0.29, 0.717) is 29.6 Å². The van der Waals surface area contributed by atoms with E-state index in [1.54, 1.807) is 21.2 Å². The summed E-state index contributed by atoms with van der Waals surface area (Å²) in [6, 6.07) is 5.71. The Morgan fingerprint density at radius 1 is 1.26 bits per heavy atom. The van der Waals surface area contributed by atoms with Crippen LogP contribution in [0.5, 0.6) is 5.75 Å². The van der Waals surface area contributed by atoms with Crippen LogP contribution in [0.1, 0.15) is 50.0 Å². The molecule has 1 aromatic heterocycles. The lowest BCUT2D eigenvalue weighted by atomic mass is 10.0. The normalized spacial score (nSPS) is 16.0. The van der Waals surface area contributed by atoms with Gasteiger partial charge in [-0.1, -0.05) is 23.7 Å². The summed E-state index contributed by atoms with van der Waals surface area (Å²) in [7, 11) is 5.07. The van der Waals surface area contributed by atoms with Gasteiger partial charge in [-0.3, -0.25) is 9.59 Å². The van der Waals surface area contributed by atoms with Crippen LogP contribution in [0.2, 0.25) is 5.02 Å². The van der Waals surface area contributed by atoms with Crippen molar-refractivity contribution < 1.29 is 19.1 Å². The molecule has 0 unspecified atom stereocenters. The van der Waals surface area contributed by atoms with Crippen molar-refractivity contribution in [3.63, 3.8) is 0 Å². The number of likely N-dealkylation sites (N-methyl/N-ethyl adjacent to an activating group) is 1. The summed E-state index contributed by atoms with van der Waals surface area (Å²) in [5, 5.41) is 4.60. The summed E-state index contributed by atoms with van der Waals surface area (Å²) in [5.74, 6) is 0.330. The maximum Gasteiger partial charge on any atom is 0.272 e. The van der Waals surface area contributed by atoms with Gasteiger partial charge in [-0.2, -0.15) is 0 Å². The second kappa shape index (κ2) is 12.6. The quantitative estimate of drug-likeness (QED) is 0.469. The van der Waals surface area contributed by atoms with E-state index < -0.39 is 0 Å². The van der Waals surface area contributed by atoms with E-state index in [1.807, 2.05) is 41.5 Å². The number of aromatic nitrogens is 1. The first-order valence-corrected chi connectivity index (χ1v) is 12.8. The van der Waals surface area contributed by atoms with Gasteiger partial charge in [-0.05, 0) is 52.1 Å². The van der Waals surface area contributed by atoms with Gasteiger partial charge in [0.2, 0.25) is 0 Å². The van der Waals surface area contributed by atoms with Crippen molar-refractivity contribution in [2.24, 2.45) is 0 Å². The number of ether oxygens (including phenoxy) is 2. The third-order valence-electron chi connectivity index (χ3n) is 6.47. The summed E-state index contributed by atoms with van der Waals surface area (Å²) in [6.07, 6.45) is 3.66. The molecule has 1 aliphatic rings. The summed E-state index contributed by atoms with van der Waals surface area (Å²) >= 11 is 6.93. The van der Waals surface area contributed by atoms with Crippen molar-refractivity contribution in [2.75, 3.05) is 47.5 Å². The van der Waals surface area contributed by atoms with Gasteiger partial charge in [0.1, 0.15) is 11.4 Å². The van der Waals surface area contributed by atoms with Crippen molar-refractivity contribution in [3.05, 3.63) is 28.9 Å². The number of piperidine rings is 1. The van der Waals surface area contributed by atoms with E-state index in [4.69, 9.17) is 21.1 Å². The second-order valence-electron chi connectivity index (χ2n) is 9.55. The van der Waals surface area contributed by atoms with Gasteiger partial charge in [0.15, 0.2) is 6.61 Å². The van der Waals surface area contributed by atoms with Crippen LogP contribution in [0.4, 0.5) is 0 Å². The zero-order valence-corrected chi connectivity index (χ0v) is 22.4. The predicted molar refractivity (Wildman–Crippen MR) is 139 cm³/mol. The largest absolute Gasteiger partial charge is 0.482 e. The Kier molecular flexibility index (Phi) is 9.83. The molecule has 1 aliphatic heterocycles. The predicted octanol–water partition coefficient (Wildman–Crippen LogP) is 3.79. The minimum absolute atomic E-state index is 0.0249. The SMILES string of the molecule is COCCCCn1c(C(=O)N(C(C)C)[C@@H]2CCCNC2)c(Cl)c2cccc(OCC(=O)N(C)C)c21. The Balaban J connectivity index is 2.07. The van der Waals surface area contributed by atoms with Gasteiger partial charge in [0, 0.05) is 58.4 Å². The number of nitrogens with one attached hydrogen (secondary N) is 1. The highest BCUT2D eigenvalue weighted by atomic mass is 35.5. The van der Waals surface area contributed by atoms with Crippen molar-refractivity contribution in [3.8, 4) is 5.75 Å². The van der Waals surface area contributed by atoms with Gasteiger partial charge < -0.3 is 29.2 Å². The average Bonchev–Trinajstić information content (AvgIpc) is 3.12. The molecule has 8 nitrogen and oxygen atoms in total. The van der Waals surface area contributed by atoms with E-state index in [-0.39, 0.29) is 30.5 Å². The molecule has 2 heterocycles. The first-order chi connectivity index (χ1) is 16.8. The monoisotopic (exact) mass is 506 g/mol. The van der Waals surface area contributed by atoms with Crippen LogP contribution in [0.3, 0.4) is 0 Å². The molecule has 2 aromatic rings. The average molecular weight is 507 g/mol. The molecule has 35 heavy (non-hydrogen) atoms. The topological polar surface area (TPSA) is 76.0 Å². The Morgan fingerprint density at radius 3 is 2.66 bits per heavy atom. The molecule has 1 atom stereocenters. The highest BCUT2D eigenvalue weighted by Gasteiger charge is 2.33. The number of benzene rings is 1. The number of unbranched alkanes of at least 4 members (excludes halogenated alkanes) is 1. The van der Waals surface area contributed by atoms with Gasteiger partial charge in [-0.25, -0.2) is 0 Å². The van der Waals surface area contributed by atoms with Crippen molar-refractivity contribution in [1.29, 1.82) is 0 Å². The Labute approximate surface area is 213 Å². The minimum atomic E-state index is -0.140. The van der Waals surface area contributed by atoms with E-state index in [1.165, 1.54) is 4.90 Å². The van der Waals surface area contributed by atoms with Crippen LogP contribution in [0.15, 0.2) is 18.2 Å². The van der Waals surface area contributed by atoms with Crippen LogP contribution < -0.4 is 10.1 Å². The molecule has 9 heteroatoms. The van der Waals surface area contributed by atoms with Gasteiger partial charge >= 0.3 is 0 Å². The molecule has 1 saturated heterocycles. The fraction of sp³-hybridized carbons (Fsp3) is 0.615. The molecule has 0 aliphatic carbocycles. The number of hydrogen-bond donors (Lipinski definition) is 1. The van der Waals surface area contributed by atoms with Crippen molar-refractivity contribution in [1.82, 2.24) is 19.7 Å². The first kappa shape index (κ1) is 27.3. The number of carbonyl (C=O) groups is 2. The summed E-state index contributed by atoms with van der Waals surface area (Å²) in [4.78, 5) is 29.8. The van der Waals surface area contributed by atoms with Crippen LogP contribution in [-0.4, -0.2) is 85.8 Å². The van der Waals surface area contributed by atoms with E-state index in [2.05, 4.69) is 5.32 Å². The number of hydrogen-bond acceptors (Lipinski definition) is 5. The Hall–Kier alpha value is -2.29. The number of fused-ring (bicyclic) bond motifs is 1. The molecule has 1 N–H and O–H groups in total. The maximum atomic E-state index is 14.1. The molecular weight excluding hydrogens is 468 g/mol. The molecule has 3 rings (SSSR count). The number of nitrogens with zero attached hydrogens (tertiary/aromatic N) is 3. The van der Waals surface area contributed by atoms with Crippen LogP contribution in [0.25, 0.3) is 10.9 Å². The van der Waals surface area contributed by atoms with Gasteiger partial charge in [-0.15, -0.1) is 0 Å². The van der Waals surface area contributed by atoms with Crippen molar-refractivity contribution in [2.45, 2.75) is 58.2 Å². The molecule has 0 radical (unpaired) electrons. The maximum absolute atomic E-state index is 14.1.